The van der Waals surface area contributed by atoms with Crippen molar-refractivity contribution in [3.8, 4) is 68.0 Å². The molecular weight excluding hydrogens is 765 g/mol. The van der Waals surface area contributed by atoms with E-state index in [1.165, 1.54) is 38.6 Å². The zero-order valence-corrected chi connectivity index (χ0v) is 35.2. The molecule has 0 fully saturated rings. The Morgan fingerprint density at radius 3 is 1.38 bits per heavy atom. The van der Waals surface area contributed by atoms with Crippen molar-refractivity contribution >= 4 is 43.6 Å². The van der Waals surface area contributed by atoms with E-state index in [9.17, 15) is 10.5 Å². The molecule has 0 aliphatic heterocycles. The fourth-order valence-electron chi connectivity index (χ4n) is 9.66. The van der Waals surface area contributed by atoms with Crippen molar-refractivity contribution in [2.24, 2.45) is 0 Å². The van der Waals surface area contributed by atoms with E-state index in [-0.39, 0.29) is 0 Å². The first-order valence-corrected chi connectivity index (χ1v) is 21.3. The van der Waals surface area contributed by atoms with Crippen LogP contribution in [0, 0.1) is 43.4 Å². The first-order valence-electron chi connectivity index (χ1n) is 21.3. The number of hydrogen-bond donors (Lipinski definition) is 0. The highest BCUT2D eigenvalue weighted by Crippen LogP contribution is 2.44. The second-order valence-electron chi connectivity index (χ2n) is 16.6. The summed E-state index contributed by atoms with van der Waals surface area (Å²) in [6.45, 7) is 6.34. The summed E-state index contributed by atoms with van der Waals surface area (Å²) < 4.78 is 4.74. The summed E-state index contributed by atoms with van der Waals surface area (Å²) in [5.74, 6) is 0. The Morgan fingerprint density at radius 2 is 0.825 bits per heavy atom. The van der Waals surface area contributed by atoms with Crippen LogP contribution in [0.3, 0.4) is 0 Å². The second-order valence-corrected chi connectivity index (χ2v) is 16.6. The van der Waals surface area contributed by atoms with Crippen LogP contribution in [0.25, 0.3) is 99.5 Å². The van der Waals surface area contributed by atoms with E-state index < -0.39 is 0 Å². The molecule has 0 spiro atoms. The molecule has 0 saturated heterocycles. The minimum atomic E-state index is 0.581. The maximum Gasteiger partial charge on any atom is 0.0992 e. The topological polar surface area (TPSA) is 57.4 Å². The molecule has 11 rings (SSSR count). The van der Waals surface area contributed by atoms with Gasteiger partial charge in [-0.25, -0.2) is 0 Å². The quantitative estimate of drug-likeness (QED) is 0.168. The lowest BCUT2D eigenvalue weighted by molar-refractivity contribution is 1.16. The Bertz CT molecular complexity index is 3750. The summed E-state index contributed by atoms with van der Waals surface area (Å²) in [6, 6.07) is 71.6. The summed E-state index contributed by atoms with van der Waals surface area (Å²) >= 11 is 0. The number of nitriles is 2. The first kappa shape index (κ1) is 37.6. The molecule has 63 heavy (non-hydrogen) atoms. The Kier molecular flexibility index (Phi) is 8.90. The van der Waals surface area contributed by atoms with Gasteiger partial charge in [-0.2, -0.15) is 10.5 Å². The monoisotopic (exact) mass is 804 g/mol. The van der Waals surface area contributed by atoms with Crippen molar-refractivity contribution < 1.29 is 0 Å². The zero-order chi connectivity index (χ0) is 42.8. The van der Waals surface area contributed by atoms with Gasteiger partial charge in [0.05, 0.1) is 56.7 Å². The molecule has 296 valence electrons. The number of fused-ring (bicyclic) bond motifs is 6. The van der Waals surface area contributed by atoms with E-state index in [1.807, 2.05) is 24.3 Å². The third kappa shape index (κ3) is 6.28. The van der Waals surface area contributed by atoms with Crippen LogP contribution in [0.15, 0.2) is 188 Å². The molecule has 9 aromatic carbocycles. The van der Waals surface area contributed by atoms with E-state index in [1.54, 1.807) is 0 Å². The summed E-state index contributed by atoms with van der Waals surface area (Å²) in [5, 5.41) is 24.9. The average molecular weight is 805 g/mol. The van der Waals surface area contributed by atoms with Crippen LogP contribution in [0.2, 0.25) is 0 Å². The molecule has 0 aliphatic carbocycles. The van der Waals surface area contributed by atoms with Gasteiger partial charge >= 0.3 is 0 Å². The molecule has 0 bridgehead atoms. The highest BCUT2D eigenvalue weighted by molar-refractivity contribution is 6.13. The third-order valence-electron chi connectivity index (χ3n) is 12.6. The largest absolute Gasteiger partial charge is 0.309 e. The zero-order valence-electron chi connectivity index (χ0n) is 35.2. The fraction of sp³-hybridized carbons (Fsp3) is 0.0508. The van der Waals surface area contributed by atoms with E-state index in [2.05, 4.69) is 206 Å². The smallest absolute Gasteiger partial charge is 0.0992 e. The number of aryl methyl sites for hydroxylation is 3. The Labute approximate surface area is 366 Å². The number of benzene rings is 9. The minimum Gasteiger partial charge on any atom is -0.309 e. The molecule has 0 amide bonds. The number of para-hydroxylation sites is 2. The van der Waals surface area contributed by atoms with Gasteiger partial charge in [0.1, 0.15) is 0 Å². The van der Waals surface area contributed by atoms with E-state index in [4.69, 9.17) is 0 Å². The van der Waals surface area contributed by atoms with Crippen LogP contribution in [0.1, 0.15) is 27.8 Å². The van der Waals surface area contributed by atoms with Gasteiger partial charge < -0.3 is 9.13 Å². The molecule has 0 unspecified atom stereocenters. The molecule has 0 aliphatic rings. The van der Waals surface area contributed by atoms with Gasteiger partial charge in [-0.3, -0.25) is 0 Å². The van der Waals surface area contributed by atoms with Crippen molar-refractivity contribution in [1.82, 2.24) is 9.13 Å². The van der Waals surface area contributed by atoms with Gasteiger partial charge in [-0.05, 0) is 133 Å². The number of rotatable bonds is 6. The lowest BCUT2D eigenvalue weighted by atomic mass is 9.92. The summed E-state index contributed by atoms with van der Waals surface area (Å²) in [7, 11) is 0. The Balaban J connectivity index is 1.21. The normalized spacial score (nSPS) is 11.4. The highest BCUT2D eigenvalue weighted by atomic mass is 15.0. The molecule has 0 N–H and O–H groups in total. The molecule has 2 heterocycles. The molecule has 4 nitrogen and oxygen atoms in total. The van der Waals surface area contributed by atoms with E-state index in [0.29, 0.717) is 11.1 Å². The Morgan fingerprint density at radius 1 is 0.333 bits per heavy atom. The van der Waals surface area contributed by atoms with Crippen molar-refractivity contribution in [3.05, 3.63) is 216 Å². The Hall–Kier alpha value is -8.44. The van der Waals surface area contributed by atoms with Crippen LogP contribution in [0.4, 0.5) is 0 Å². The number of aromatic nitrogens is 2. The SMILES string of the molecule is Cc1cccc(-c2ccc3c(c2)c2ccccc2n3-c2ccc(-c3ccc(C#N)cc3C)cc2-c2ccc(C#N)cc2-n2c3ccccc3c3cc(-c4cccc(C)c4)ccc32)c1. The van der Waals surface area contributed by atoms with Crippen molar-refractivity contribution in [2.75, 3.05) is 0 Å². The summed E-state index contributed by atoms with van der Waals surface area (Å²) in [4.78, 5) is 0. The van der Waals surface area contributed by atoms with Crippen molar-refractivity contribution in [1.29, 1.82) is 10.5 Å². The predicted molar refractivity (Wildman–Crippen MR) is 261 cm³/mol. The summed E-state index contributed by atoms with van der Waals surface area (Å²) in [6.07, 6.45) is 0. The van der Waals surface area contributed by atoms with Crippen LogP contribution < -0.4 is 0 Å². The van der Waals surface area contributed by atoms with Crippen LogP contribution in [-0.4, -0.2) is 9.13 Å². The van der Waals surface area contributed by atoms with Crippen LogP contribution >= 0.6 is 0 Å². The van der Waals surface area contributed by atoms with Gasteiger partial charge in [-0.15, -0.1) is 0 Å². The molecule has 0 saturated carbocycles. The van der Waals surface area contributed by atoms with Gasteiger partial charge in [0, 0.05) is 32.7 Å². The van der Waals surface area contributed by atoms with Crippen molar-refractivity contribution in [3.63, 3.8) is 0 Å². The van der Waals surface area contributed by atoms with E-state index >= 15 is 0 Å². The summed E-state index contributed by atoms with van der Waals surface area (Å²) in [5.41, 5.74) is 19.8. The number of hydrogen-bond acceptors (Lipinski definition) is 2. The second kappa shape index (κ2) is 14.9. The first-order chi connectivity index (χ1) is 30.9. The molecule has 0 radical (unpaired) electrons. The lowest BCUT2D eigenvalue weighted by Crippen LogP contribution is -2.03. The standard InChI is InChI=1S/C59H40N4/c1-37-10-8-12-42(28-37)44-20-25-56-51(32-44)48-14-4-6-16-54(48)62(56)57-27-22-46(47-23-18-40(35-60)30-39(47)3)34-53(57)50-24-19-41(36-61)31-59(50)63-55-17-7-5-15-49(55)52-33-45(21-26-58(52)63)43-13-9-11-38(2)29-43/h4-34H,1-3H3. The van der Waals surface area contributed by atoms with Crippen LogP contribution in [-0.2, 0) is 0 Å². The molecule has 4 heteroatoms. The lowest BCUT2D eigenvalue weighted by Gasteiger charge is -2.20. The van der Waals surface area contributed by atoms with Crippen LogP contribution in [0.5, 0.6) is 0 Å². The molecular formula is C59H40N4. The minimum absolute atomic E-state index is 0.581. The maximum absolute atomic E-state index is 10.5. The fourth-order valence-corrected chi connectivity index (χ4v) is 9.66. The molecule has 2 aromatic heterocycles. The highest BCUT2D eigenvalue weighted by Gasteiger charge is 2.22. The van der Waals surface area contributed by atoms with Gasteiger partial charge in [-0.1, -0.05) is 126 Å². The maximum atomic E-state index is 10.5. The van der Waals surface area contributed by atoms with Gasteiger partial charge in [0.15, 0.2) is 0 Å². The van der Waals surface area contributed by atoms with E-state index in [0.717, 1.165) is 77.6 Å². The molecule has 0 atom stereocenters. The third-order valence-corrected chi connectivity index (χ3v) is 12.6. The average Bonchev–Trinajstić information content (AvgIpc) is 3.83. The van der Waals surface area contributed by atoms with Crippen molar-refractivity contribution in [2.45, 2.75) is 20.8 Å². The molecule has 11 aromatic rings. The van der Waals surface area contributed by atoms with Gasteiger partial charge in [0.25, 0.3) is 0 Å². The van der Waals surface area contributed by atoms with Gasteiger partial charge in [0.2, 0.25) is 0 Å². The number of nitrogens with zero attached hydrogens (tertiary/aromatic N) is 4. The predicted octanol–water partition coefficient (Wildman–Crippen LogP) is 15.2.